The highest BCUT2D eigenvalue weighted by Crippen LogP contribution is 2.26. The van der Waals surface area contributed by atoms with Crippen molar-refractivity contribution in [2.24, 2.45) is 0 Å². The maximum Gasteiger partial charge on any atom is 0.257 e. The molecule has 1 heterocycles. The summed E-state index contributed by atoms with van der Waals surface area (Å²) >= 11 is 0. The highest BCUT2D eigenvalue weighted by Gasteiger charge is 2.21. The molecule has 2 aromatic carbocycles. The number of nitrogens with zero attached hydrogens (tertiary/aromatic N) is 1. The Hall–Kier alpha value is -2.82. The number of hydrogen-bond donors (Lipinski definition) is 1. The summed E-state index contributed by atoms with van der Waals surface area (Å²) in [6, 6.07) is 10.9. The molecule has 3 rings (SSSR count). The van der Waals surface area contributed by atoms with Crippen LogP contribution in [0.5, 0.6) is 5.75 Å². The van der Waals surface area contributed by atoms with Crippen molar-refractivity contribution >= 4 is 17.5 Å². The van der Waals surface area contributed by atoms with E-state index in [0.717, 1.165) is 11.1 Å². The lowest BCUT2D eigenvalue weighted by atomic mass is 10.0. The zero-order valence-electron chi connectivity index (χ0n) is 14.1. The van der Waals surface area contributed by atoms with Crippen LogP contribution in [-0.4, -0.2) is 36.9 Å². The monoisotopic (exact) mass is 324 g/mol. The number of fused-ring (bicyclic) bond motifs is 1. The lowest BCUT2D eigenvalue weighted by Gasteiger charge is -2.13. The van der Waals surface area contributed by atoms with Crippen LogP contribution in [0.1, 0.15) is 31.8 Å². The second kappa shape index (κ2) is 6.35. The Morgan fingerprint density at radius 1 is 1.17 bits per heavy atom. The van der Waals surface area contributed by atoms with Crippen molar-refractivity contribution in [3.05, 3.63) is 58.7 Å². The topological polar surface area (TPSA) is 58.6 Å². The SMILES string of the molecule is Cc1ccc(C)c(C(=O)Nc2ccc3c(c2)C(=O)N(C)CCO3)c1. The van der Waals surface area contributed by atoms with E-state index >= 15 is 0 Å². The van der Waals surface area contributed by atoms with Crippen molar-refractivity contribution in [1.29, 1.82) is 0 Å². The van der Waals surface area contributed by atoms with Crippen LogP contribution >= 0.6 is 0 Å². The van der Waals surface area contributed by atoms with Crippen molar-refractivity contribution in [2.45, 2.75) is 13.8 Å². The molecule has 1 aliphatic heterocycles. The van der Waals surface area contributed by atoms with Crippen molar-refractivity contribution in [3.8, 4) is 5.75 Å². The van der Waals surface area contributed by atoms with Crippen molar-refractivity contribution in [1.82, 2.24) is 4.90 Å². The van der Waals surface area contributed by atoms with Gasteiger partial charge in [-0.15, -0.1) is 0 Å². The van der Waals surface area contributed by atoms with Gasteiger partial charge in [-0.2, -0.15) is 0 Å². The summed E-state index contributed by atoms with van der Waals surface area (Å²) < 4.78 is 5.59. The van der Waals surface area contributed by atoms with Crippen LogP contribution in [-0.2, 0) is 0 Å². The number of carbonyl (C=O) groups is 2. The fourth-order valence-corrected chi connectivity index (χ4v) is 2.68. The van der Waals surface area contributed by atoms with Crippen LogP contribution < -0.4 is 10.1 Å². The van der Waals surface area contributed by atoms with Crippen LogP contribution in [0.3, 0.4) is 0 Å². The number of ether oxygens (including phenoxy) is 1. The average molecular weight is 324 g/mol. The molecular weight excluding hydrogens is 304 g/mol. The van der Waals surface area contributed by atoms with Gasteiger partial charge in [-0.25, -0.2) is 0 Å². The molecule has 1 N–H and O–H groups in total. The van der Waals surface area contributed by atoms with Gasteiger partial charge in [0.2, 0.25) is 0 Å². The molecule has 2 aromatic rings. The molecule has 24 heavy (non-hydrogen) atoms. The minimum absolute atomic E-state index is 0.106. The Morgan fingerprint density at radius 3 is 2.75 bits per heavy atom. The molecule has 0 radical (unpaired) electrons. The van der Waals surface area contributed by atoms with Crippen molar-refractivity contribution in [2.75, 3.05) is 25.5 Å². The predicted octanol–water partition coefficient (Wildman–Crippen LogP) is 3.02. The van der Waals surface area contributed by atoms with Gasteiger partial charge >= 0.3 is 0 Å². The third kappa shape index (κ3) is 3.11. The first-order chi connectivity index (χ1) is 11.5. The van der Waals surface area contributed by atoms with Gasteiger partial charge in [-0.05, 0) is 43.7 Å². The second-order valence-electron chi connectivity index (χ2n) is 6.06. The quantitative estimate of drug-likeness (QED) is 0.924. The van der Waals surface area contributed by atoms with Gasteiger partial charge in [-0.1, -0.05) is 17.7 Å². The van der Waals surface area contributed by atoms with Crippen LogP contribution in [0.2, 0.25) is 0 Å². The normalized spacial score (nSPS) is 13.8. The van der Waals surface area contributed by atoms with E-state index in [1.165, 1.54) is 0 Å². The molecule has 0 aliphatic carbocycles. The average Bonchev–Trinajstić information content (AvgIpc) is 2.69. The van der Waals surface area contributed by atoms with Crippen LogP contribution in [0, 0.1) is 13.8 Å². The molecule has 0 saturated heterocycles. The first kappa shape index (κ1) is 16.1. The third-order valence-corrected chi connectivity index (χ3v) is 4.14. The minimum atomic E-state index is -0.188. The summed E-state index contributed by atoms with van der Waals surface area (Å²) in [4.78, 5) is 26.5. The molecule has 5 nitrogen and oxygen atoms in total. The Labute approximate surface area is 141 Å². The Balaban J connectivity index is 1.89. The zero-order chi connectivity index (χ0) is 17.3. The van der Waals surface area contributed by atoms with E-state index in [1.807, 2.05) is 32.0 Å². The largest absolute Gasteiger partial charge is 0.491 e. The maximum absolute atomic E-state index is 12.5. The second-order valence-corrected chi connectivity index (χ2v) is 6.06. The Bertz CT molecular complexity index is 814. The summed E-state index contributed by atoms with van der Waals surface area (Å²) in [6.45, 7) is 4.85. The van der Waals surface area contributed by atoms with Crippen LogP contribution in [0.15, 0.2) is 36.4 Å². The minimum Gasteiger partial charge on any atom is -0.491 e. The van der Waals surface area contributed by atoms with Gasteiger partial charge in [0.15, 0.2) is 0 Å². The van der Waals surface area contributed by atoms with Gasteiger partial charge < -0.3 is 15.0 Å². The molecule has 2 amide bonds. The molecule has 0 aromatic heterocycles. The van der Waals surface area contributed by atoms with Crippen LogP contribution in [0.4, 0.5) is 5.69 Å². The van der Waals surface area contributed by atoms with E-state index < -0.39 is 0 Å². The van der Waals surface area contributed by atoms with E-state index in [2.05, 4.69) is 5.32 Å². The first-order valence-electron chi connectivity index (χ1n) is 7.86. The van der Waals surface area contributed by atoms with Crippen LogP contribution in [0.25, 0.3) is 0 Å². The lowest BCUT2D eigenvalue weighted by Crippen LogP contribution is -2.27. The summed E-state index contributed by atoms with van der Waals surface area (Å²) in [6.07, 6.45) is 0. The lowest BCUT2D eigenvalue weighted by molar-refractivity contribution is 0.0796. The van der Waals surface area contributed by atoms with E-state index in [9.17, 15) is 9.59 Å². The first-order valence-corrected chi connectivity index (χ1v) is 7.86. The number of benzene rings is 2. The van der Waals surface area contributed by atoms with Gasteiger partial charge in [0, 0.05) is 18.3 Å². The van der Waals surface area contributed by atoms with Gasteiger partial charge in [0.05, 0.1) is 12.1 Å². The van der Waals surface area contributed by atoms with Gasteiger partial charge in [-0.3, -0.25) is 9.59 Å². The van der Waals surface area contributed by atoms with E-state index in [0.29, 0.717) is 35.7 Å². The molecule has 1 aliphatic rings. The van der Waals surface area contributed by atoms with E-state index in [-0.39, 0.29) is 11.8 Å². The highest BCUT2D eigenvalue weighted by molar-refractivity contribution is 6.06. The summed E-state index contributed by atoms with van der Waals surface area (Å²) in [5, 5.41) is 2.87. The fraction of sp³-hybridized carbons (Fsp3) is 0.263. The number of hydrogen-bond acceptors (Lipinski definition) is 3. The maximum atomic E-state index is 12.5. The molecule has 0 fully saturated rings. The summed E-state index contributed by atoms with van der Waals surface area (Å²) in [7, 11) is 1.74. The predicted molar refractivity (Wildman–Crippen MR) is 92.8 cm³/mol. The van der Waals surface area contributed by atoms with Gasteiger partial charge in [0.25, 0.3) is 11.8 Å². The van der Waals surface area contributed by atoms with Gasteiger partial charge in [0.1, 0.15) is 12.4 Å². The Kier molecular flexibility index (Phi) is 4.25. The summed E-state index contributed by atoms with van der Waals surface area (Å²) in [5.74, 6) is 0.255. The number of anilines is 1. The molecule has 0 bridgehead atoms. The summed E-state index contributed by atoms with van der Waals surface area (Å²) in [5.41, 5.74) is 3.61. The molecule has 0 unspecified atom stereocenters. The number of aryl methyl sites for hydroxylation is 2. The number of likely N-dealkylation sites (N-methyl/N-ethyl adjacent to an activating group) is 1. The molecule has 0 saturated carbocycles. The number of carbonyl (C=O) groups excluding carboxylic acids is 2. The molecule has 124 valence electrons. The number of nitrogens with one attached hydrogen (secondary N) is 1. The Morgan fingerprint density at radius 2 is 1.96 bits per heavy atom. The molecular formula is C19H20N2O3. The number of amides is 2. The van der Waals surface area contributed by atoms with E-state index in [1.54, 1.807) is 30.1 Å². The molecule has 5 heteroatoms. The van der Waals surface area contributed by atoms with E-state index in [4.69, 9.17) is 4.74 Å². The van der Waals surface area contributed by atoms with Crippen molar-refractivity contribution in [3.63, 3.8) is 0 Å². The zero-order valence-corrected chi connectivity index (χ0v) is 14.1. The van der Waals surface area contributed by atoms with Crippen molar-refractivity contribution < 1.29 is 14.3 Å². The standard InChI is InChI=1S/C19H20N2O3/c1-12-4-5-13(2)15(10-12)18(22)20-14-6-7-17-16(11-14)19(23)21(3)8-9-24-17/h4-7,10-11H,8-9H2,1-3H3,(H,20,22). The third-order valence-electron chi connectivity index (χ3n) is 4.14. The smallest absolute Gasteiger partial charge is 0.257 e. The highest BCUT2D eigenvalue weighted by atomic mass is 16.5. The fourth-order valence-electron chi connectivity index (χ4n) is 2.68. The molecule has 0 atom stereocenters. The number of rotatable bonds is 2. The molecule has 0 spiro atoms.